The Kier molecular flexibility index (Phi) is 5.40. The number of hydrogen-bond donors (Lipinski definition) is 4. The van der Waals surface area contributed by atoms with E-state index in [0.717, 1.165) is 11.1 Å². The van der Waals surface area contributed by atoms with Crippen molar-refractivity contribution in [2.75, 3.05) is 18.9 Å². The Morgan fingerprint density at radius 3 is 2.67 bits per heavy atom. The second-order valence-electron chi connectivity index (χ2n) is 5.79. The van der Waals surface area contributed by atoms with Crippen LogP contribution in [-0.4, -0.2) is 52.8 Å². The molecule has 0 saturated heterocycles. The molecule has 1 aliphatic carbocycles. The van der Waals surface area contributed by atoms with E-state index < -0.39 is 24.0 Å². The van der Waals surface area contributed by atoms with Crippen molar-refractivity contribution in [1.29, 1.82) is 0 Å². The van der Waals surface area contributed by atoms with E-state index >= 15 is 0 Å². The quantitative estimate of drug-likeness (QED) is 0.662. The van der Waals surface area contributed by atoms with Gasteiger partial charge in [0, 0.05) is 12.7 Å². The largest absolute Gasteiger partial charge is 0.465 e. The van der Waals surface area contributed by atoms with Crippen molar-refractivity contribution in [3.05, 3.63) is 29.3 Å². The monoisotopic (exact) mass is 335 g/mol. The zero-order valence-corrected chi connectivity index (χ0v) is 13.6. The Hall–Kier alpha value is -2.61. The van der Waals surface area contributed by atoms with Gasteiger partial charge in [-0.05, 0) is 43.0 Å². The third kappa shape index (κ3) is 3.83. The summed E-state index contributed by atoms with van der Waals surface area (Å²) in [6.07, 6.45) is -1.17. The van der Waals surface area contributed by atoms with Crippen LogP contribution in [0.4, 0.5) is 15.3 Å². The molecule has 0 saturated carbocycles. The SMILES string of the molecule is CNC(=O)Nc1ccc2c(c1)CCC2C(=O)N(CC(C)O)C(=O)O. The van der Waals surface area contributed by atoms with Crippen molar-refractivity contribution in [3.63, 3.8) is 0 Å². The van der Waals surface area contributed by atoms with Gasteiger partial charge < -0.3 is 20.8 Å². The molecule has 8 heteroatoms. The molecular weight excluding hydrogens is 314 g/mol. The first-order valence-electron chi connectivity index (χ1n) is 7.67. The second kappa shape index (κ2) is 7.31. The summed E-state index contributed by atoms with van der Waals surface area (Å²) in [7, 11) is 1.51. The van der Waals surface area contributed by atoms with Crippen molar-refractivity contribution in [2.24, 2.45) is 0 Å². The van der Waals surface area contributed by atoms with E-state index in [1.807, 2.05) is 0 Å². The van der Waals surface area contributed by atoms with Crippen LogP contribution in [0.15, 0.2) is 18.2 Å². The molecule has 0 spiro atoms. The molecule has 0 fully saturated rings. The lowest BCUT2D eigenvalue weighted by molar-refractivity contribution is -0.131. The number of amides is 4. The van der Waals surface area contributed by atoms with Gasteiger partial charge in [0.2, 0.25) is 5.91 Å². The fraction of sp³-hybridized carbons (Fsp3) is 0.438. The van der Waals surface area contributed by atoms with Gasteiger partial charge in [-0.2, -0.15) is 0 Å². The molecule has 1 aromatic carbocycles. The molecule has 8 nitrogen and oxygen atoms in total. The normalized spacial score (nSPS) is 16.9. The fourth-order valence-electron chi connectivity index (χ4n) is 2.86. The minimum absolute atomic E-state index is 0.254. The fourth-order valence-corrected chi connectivity index (χ4v) is 2.86. The number of fused-ring (bicyclic) bond motifs is 1. The van der Waals surface area contributed by atoms with E-state index in [0.29, 0.717) is 23.4 Å². The first kappa shape index (κ1) is 17.7. The topological polar surface area (TPSA) is 119 Å². The molecule has 0 bridgehead atoms. The number of aryl methyl sites for hydroxylation is 1. The summed E-state index contributed by atoms with van der Waals surface area (Å²) in [5, 5.41) is 23.7. The number of aliphatic hydroxyl groups excluding tert-OH is 1. The van der Waals surface area contributed by atoms with Gasteiger partial charge in [-0.1, -0.05) is 6.07 Å². The number of carbonyl (C=O) groups is 3. The van der Waals surface area contributed by atoms with Crippen LogP contribution in [0.3, 0.4) is 0 Å². The zero-order valence-electron chi connectivity index (χ0n) is 13.6. The first-order chi connectivity index (χ1) is 11.3. The molecule has 0 heterocycles. The summed E-state index contributed by atoms with van der Waals surface area (Å²) in [6.45, 7) is 1.18. The van der Waals surface area contributed by atoms with Crippen molar-refractivity contribution in [1.82, 2.24) is 10.2 Å². The molecule has 2 unspecified atom stereocenters. The predicted molar refractivity (Wildman–Crippen MR) is 87.0 cm³/mol. The summed E-state index contributed by atoms with van der Waals surface area (Å²) in [4.78, 5) is 35.9. The van der Waals surface area contributed by atoms with Gasteiger partial charge in [-0.25, -0.2) is 14.5 Å². The van der Waals surface area contributed by atoms with Gasteiger partial charge in [-0.15, -0.1) is 0 Å². The molecule has 0 aliphatic heterocycles. The number of imide groups is 1. The van der Waals surface area contributed by atoms with Crippen LogP contribution in [0.1, 0.15) is 30.4 Å². The average Bonchev–Trinajstić information content (AvgIpc) is 2.94. The molecule has 0 radical (unpaired) electrons. The molecule has 4 amide bonds. The van der Waals surface area contributed by atoms with E-state index in [1.165, 1.54) is 14.0 Å². The second-order valence-corrected chi connectivity index (χ2v) is 5.79. The lowest BCUT2D eigenvalue weighted by atomic mass is 9.99. The highest BCUT2D eigenvalue weighted by atomic mass is 16.4. The number of carboxylic acid groups (broad SMARTS) is 1. The molecule has 1 aromatic rings. The van der Waals surface area contributed by atoms with E-state index in [4.69, 9.17) is 0 Å². The first-order valence-corrected chi connectivity index (χ1v) is 7.67. The maximum Gasteiger partial charge on any atom is 0.414 e. The summed E-state index contributed by atoms with van der Waals surface area (Å²) >= 11 is 0. The highest BCUT2D eigenvalue weighted by molar-refractivity contribution is 5.96. The van der Waals surface area contributed by atoms with Crippen LogP contribution in [0.2, 0.25) is 0 Å². The van der Waals surface area contributed by atoms with Gasteiger partial charge in [0.25, 0.3) is 0 Å². The Morgan fingerprint density at radius 1 is 1.38 bits per heavy atom. The molecule has 2 atom stereocenters. The van der Waals surface area contributed by atoms with Gasteiger partial charge in [0.1, 0.15) is 0 Å². The van der Waals surface area contributed by atoms with Crippen LogP contribution in [0.25, 0.3) is 0 Å². The lowest BCUT2D eigenvalue weighted by Crippen LogP contribution is -2.42. The maximum atomic E-state index is 12.5. The van der Waals surface area contributed by atoms with E-state index in [-0.39, 0.29) is 12.6 Å². The number of nitrogens with zero attached hydrogens (tertiary/aromatic N) is 1. The van der Waals surface area contributed by atoms with Gasteiger partial charge >= 0.3 is 12.1 Å². The molecule has 24 heavy (non-hydrogen) atoms. The van der Waals surface area contributed by atoms with Crippen molar-refractivity contribution < 1.29 is 24.6 Å². The molecule has 130 valence electrons. The van der Waals surface area contributed by atoms with Crippen LogP contribution < -0.4 is 10.6 Å². The Bertz CT molecular complexity index is 659. The third-order valence-electron chi connectivity index (χ3n) is 3.95. The maximum absolute atomic E-state index is 12.5. The Morgan fingerprint density at radius 2 is 2.08 bits per heavy atom. The molecule has 2 rings (SSSR count). The molecule has 0 aromatic heterocycles. The summed E-state index contributed by atoms with van der Waals surface area (Å²) in [6, 6.07) is 4.87. The summed E-state index contributed by atoms with van der Waals surface area (Å²) in [5.41, 5.74) is 2.28. The smallest absolute Gasteiger partial charge is 0.414 e. The van der Waals surface area contributed by atoms with E-state index in [1.54, 1.807) is 18.2 Å². The van der Waals surface area contributed by atoms with Crippen molar-refractivity contribution >= 4 is 23.7 Å². The van der Waals surface area contributed by atoms with Crippen LogP contribution in [0, 0.1) is 0 Å². The number of carbonyl (C=O) groups excluding carboxylic acids is 2. The summed E-state index contributed by atoms with van der Waals surface area (Å²) in [5.74, 6) is -1.09. The number of aliphatic hydroxyl groups is 1. The minimum atomic E-state index is -1.37. The van der Waals surface area contributed by atoms with Crippen LogP contribution >= 0.6 is 0 Å². The number of urea groups is 1. The molecule has 1 aliphatic rings. The van der Waals surface area contributed by atoms with Gasteiger partial charge in [-0.3, -0.25) is 4.79 Å². The number of anilines is 1. The Balaban J connectivity index is 2.20. The summed E-state index contributed by atoms with van der Waals surface area (Å²) < 4.78 is 0. The number of nitrogens with one attached hydrogen (secondary N) is 2. The van der Waals surface area contributed by atoms with E-state index in [2.05, 4.69) is 10.6 Å². The highest BCUT2D eigenvalue weighted by Gasteiger charge is 2.35. The van der Waals surface area contributed by atoms with Crippen LogP contribution in [-0.2, 0) is 11.2 Å². The van der Waals surface area contributed by atoms with Crippen molar-refractivity contribution in [2.45, 2.75) is 31.8 Å². The lowest BCUT2D eigenvalue weighted by Gasteiger charge is -2.22. The third-order valence-corrected chi connectivity index (χ3v) is 3.95. The number of benzene rings is 1. The van der Waals surface area contributed by atoms with Crippen molar-refractivity contribution in [3.8, 4) is 0 Å². The van der Waals surface area contributed by atoms with Crippen LogP contribution in [0.5, 0.6) is 0 Å². The number of hydrogen-bond acceptors (Lipinski definition) is 4. The zero-order chi connectivity index (χ0) is 17.9. The molecular formula is C16H21N3O5. The Labute approximate surface area is 139 Å². The van der Waals surface area contributed by atoms with Gasteiger partial charge in [0.15, 0.2) is 0 Å². The standard InChI is InChI=1S/C16H21N3O5/c1-9(20)8-19(16(23)24)14(21)13-5-3-10-7-11(4-6-12(10)13)18-15(22)17-2/h4,6-7,9,13,20H,3,5,8H2,1-2H3,(H,23,24)(H2,17,18,22). The highest BCUT2D eigenvalue weighted by Crippen LogP contribution is 2.36. The predicted octanol–water partition coefficient (Wildman–Crippen LogP) is 1.36. The average molecular weight is 335 g/mol. The van der Waals surface area contributed by atoms with Gasteiger partial charge in [0.05, 0.1) is 18.6 Å². The van der Waals surface area contributed by atoms with E-state index in [9.17, 15) is 24.6 Å². The number of rotatable bonds is 4. The minimum Gasteiger partial charge on any atom is -0.465 e. The molecule has 4 N–H and O–H groups in total.